The molecule has 1 heterocycles. The molecule has 0 aromatic carbocycles. The summed E-state index contributed by atoms with van der Waals surface area (Å²) < 4.78 is 26.7. The first-order chi connectivity index (χ1) is 9.58. The van der Waals surface area contributed by atoms with E-state index in [1.165, 1.54) is 0 Å². The van der Waals surface area contributed by atoms with Gasteiger partial charge >= 0.3 is 16.2 Å². The molecule has 0 aromatic heterocycles. The first-order valence-electron chi connectivity index (χ1n) is 8.32. The van der Waals surface area contributed by atoms with Crippen LogP contribution in [0.4, 0.5) is 0 Å². The minimum Gasteiger partial charge on any atom is -0.436 e. The van der Waals surface area contributed by atoms with E-state index in [2.05, 4.69) is 65.5 Å². The maximum atomic E-state index is 6.83. The molecule has 0 saturated carbocycles. The zero-order valence-corrected chi connectivity index (χ0v) is 21.3. The Morgan fingerprint density at radius 3 is 1.50 bits per heavy atom. The molecule has 9 heteroatoms. The van der Waals surface area contributed by atoms with E-state index in [0.717, 1.165) is 19.1 Å². The molecule has 1 fully saturated rings. The van der Waals surface area contributed by atoms with Crippen molar-refractivity contribution < 1.29 is 16.8 Å². The summed E-state index contributed by atoms with van der Waals surface area (Å²) in [6.45, 7) is 23.3. The average molecular weight is 397 g/mol. The minimum atomic E-state index is -2.46. The average Bonchev–Trinajstić information content (AvgIpc) is 2.15. The molecule has 22 heavy (non-hydrogen) atoms. The van der Waals surface area contributed by atoms with E-state index < -0.39 is 41.1 Å². The zero-order valence-electron chi connectivity index (χ0n) is 16.3. The topological polar surface area (TPSA) is 36.9 Å². The number of rotatable bonds is 6. The molecule has 1 aliphatic heterocycles. The van der Waals surface area contributed by atoms with Gasteiger partial charge in [0.15, 0.2) is 25.0 Å². The van der Waals surface area contributed by atoms with E-state index in [4.69, 9.17) is 16.8 Å². The monoisotopic (exact) mass is 396 g/mol. The lowest BCUT2D eigenvalue weighted by Crippen LogP contribution is -2.76. The van der Waals surface area contributed by atoms with Crippen molar-refractivity contribution in [3.05, 3.63) is 0 Å². The molecule has 0 amide bonds. The lowest BCUT2D eigenvalue weighted by atomic mass is 10.5. The van der Waals surface area contributed by atoms with Gasteiger partial charge in [0, 0.05) is 6.61 Å². The normalized spacial score (nSPS) is 27.0. The first-order valence-corrected chi connectivity index (χ1v) is 23.9. The molecule has 1 saturated heterocycles. The molecule has 0 aliphatic carbocycles. The first kappa shape index (κ1) is 21.0. The van der Waals surface area contributed by atoms with Gasteiger partial charge in [-0.2, -0.15) is 0 Å². The van der Waals surface area contributed by atoms with Gasteiger partial charge in [0.25, 0.3) is 0 Å². The highest BCUT2D eigenvalue weighted by Crippen LogP contribution is 2.39. The highest BCUT2D eigenvalue weighted by atomic mass is 29.3. The molecule has 1 rings (SSSR count). The maximum absolute atomic E-state index is 6.83. The molecule has 4 nitrogen and oxygen atoms in total. The van der Waals surface area contributed by atoms with E-state index in [9.17, 15) is 0 Å². The molecule has 0 bridgehead atoms. The lowest BCUT2D eigenvalue weighted by Gasteiger charge is -2.52. The van der Waals surface area contributed by atoms with Crippen LogP contribution in [0.25, 0.3) is 0 Å². The highest BCUT2D eigenvalue weighted by molar-refractivity contribution is 7.35. The summed E-state index contributed by atoms with van der Waals surface area (Å²) >= 11 is 0. The summed E-state index contributed by atoms with van der Waals surface area (Å²) in [6.07, 6.45) is 1.04. The van der Waals surface area contributed by atoms with E-state index in [1.807, 2.05) is 0 Å². The molecule has 0 N–H and O–H groups in total. The van der Waals surface area contributed by atoms with Crippen molar-refractivity contribution in [1.82, 2.24) is 0 Å². The van der Waals surface area contributed by atoms with Gasteiger partial charge < -0.3 is 16.8 Å². The van der Waals surface area contributed by atoms with Crippen LogP contribution in [-0.4, -0.2) is 47.7 Å². The number of hydrogen-bond acceptors (Lipinski definition) is 4. The predicted molar refractivity (Wildman–Crippen MR) is 106 cm³/mol. The summed E-state index contributed by atoms with van der Waals surface area (Å²) in [5, 5.41) is 0. The van der Waals surface area contributed by atoms with Crippen LogP contribution >= 0.6 is 0 Å². The molecule has 132 valence electrons. The Kier molecular flexibility index (Phi) is 6.36. The predicted octanol–water partition coefficient (Wildman–Crippen LogP) is 4.55. The van der Waals surface area contributed by atoms with Gasteiger partial charge in [0.1, 0.15) is 0 Å². The van der Waals surface area contributed by atoms with Crippen LogP contribution < -0.4 is 0 Å². The van der Waals surface area contributed by atoms with Crippen molar-refractivity contribution >= 4 is 41.1 Å². The van der Waals surface area contributed by atoms with E-state index in [-0.39, 0.29) is 0 Å². The van der Waals surface area contributed by atoms with Crippen molar-refractivity contribution in [2.24, 2.45) is 0 Å². The summed E-state index contributed by atoms with van der Waals surface area (Å²) in [4.78, 5) is 0. The Hall–Kier alpha value is 0.924. The third kappa shape index (κ3) is 6.09. The fourth-order valence-electron chi connectivity index (χ4n) is 2.90. The van der Waals surface area contributed by atoms with Crippen molar-refractivity contribution in [1.29, 1.82) is 0 Å². The van der Waals surface area contributed by atoms with Gasteiger partial charge in [-0.3, -0.25) is 0 Å². The Balaban J connectivity index is 3.28. The summed E-state index contributed by atoms with van der Waals surface area (Å²) in [6, 6.07) is 1.04. The van der Waals surface area contributed by atoms with E-state index >= 15 is 0 Å². The molecule has 1 unspecified atom stereocenters. The highest BCUT2D eigenvalue weighted by Gasteiger charge is 2.66. The molecular weight excluding hydrogens is 361 g/mol. The second kappa shape index (κ2) is 6.67. The van der Waals surface area contributed by atoms with Crippen LogP contribution in [0, 0.1) is 0 Å². The van der Waals surface area contributed by atoms with Crippen molar-refractivity contribution in [3.63, 3.8) is 0 Å². The minimum absolute atomic E-state index is 0.798. The van der Waals surface area contributed by atoms with Gasteiger partial charge in [0.05, 0.1) is 0 Å². The van der Waals surface area contributed by atoms with Crippen LogP contribution in [-0.2, 0) is 16.8 Å². The largest absolute Gasteiger partial charge is 0.436 e. The van der Waals surface area contributed by atoms with Crippen molar-refractivity contribution in [2.45, 2.75) is 77.9 Å². The second-order valence-corrected chi connectivity index (χ2v) is 33.6. The van der Waals surface area contributed by atoms with E-state index in [1.54, 1.807) is 0 Å². The van der Waals surface area contributed by atoms with Crippen LogP contribution in [0.3, 0.4) is 0 Å². The quantitative estimate of drug-likeness (QED) is 0.617. The molecular formula is C13H36O4Si5. The van der Waals surface area contributed by atoms with E-state index in [0.29, 0.717) is 0 Å². The van der Waals surface area contributed by atoms with Crippen LogP contribution in [0.1, 0.15) is 6.42 Å². The van der Waals surface area contributed by atoms with Gasteiger partial charge in [-0.15, -0.1) is 0 Å². The number of hydrogen-bond donors (Lipinski definition) is 0. The van der Waals surface area contributed by atoms with Gasteiger partial charge in [-0.05, 0) is 77.9 Å². The molecule has 1 atom stereocenters. The molecule has 1 aliphatic rings. The third-order valence-corrected chi connectivity index (χ3v) is 25.9. The van der Waals surface area contributed by atoms with Gasteiger partial charge in [-0.1, -0.05) is 0 Å². The Morgan fingerprint density at radius 1 is 0.727 bits per heavy atom. The van der Waals surface area contributed by atoms with Crippen LogP contribution in [0.5, 0.6) is 0 Å². The third-order valence-electron chi connectivity index (χ3n) is 3.16. The Labute approximate surface area is 142 Å². The SMILES string of the molecule is C[Si](C)(C)O[Si]1(C)OCCC[Si]1(O[Si](C)(C)C)O[Si](C)(C)C. The molecule has 0 aromatic rings. The Bertz CT molecular complexity index is 369. The fourth-order valence-corrected chi connectivity index (χ4v) is 36.9. The Morgan fingerprint density at radius 2 is 1.14 bits per heavy atom. The van der Waals surface area contributed by atoms with Crippen molar-refractivity contribution in [2.75, 3.05) is 6.61 Å². The smallest absolute Gasteiger partial charge is 0.369 e. The molecule has 0 spiro atoms. The van der Waals surface area contributed by atoms with Crippen molar-refractivity contribution in [3.8, 4) is 0 Å². The summed E-state index contributed by atoms with van der Waals surface area (Å²) in [7, 11) is -10.1. The standard InChI is InChI=1S/C13H36O4Si5/c1-18(2,3)15-21(10)14-12-11-13-22(21,16-19(4,5)6)17-20(7,8)9/h11-13H2,1-10H3. The van der Waals surface area contributed by atoms with Gasteiger partial charge in [0.2, 0.25) is 0 Å². The van der Waals surface area contributed by atoms with Crippen LogP contribution in [0.2, 0.25) is 71.5 Å². The maximum Gasteiger partial charge on any atom is 0.369 e. The summed E-state index contributed by atoms with van der Waals surface area (Å²) in [5.41, 5.74) is 0. The lowest BCUT2D eigenvalue weighted by molar-refractivity contribution is 0.215. The van der Waals surface area contributed by atoms with Crippen LogP contribution in [0.15, 0.2) is 0 Å². The van der Waals surface area contributed by atoms with Gasteiger partial charge in [-0.25, -0.2) is 0 Å². The fraction of sp³-hybridized carbons (Fsp3) is 1.00. The second-order valence-electron chi connectivity index (χ2n) is 9.29. The molecule has 0 radical (unpaired) electrons. The zero-order chi connectivity index (χ0) is 17.4. The summed E-state index contributed by atoms with van der Waals surface area (Å²) in [5.74, 6) is 0.